The Morgan fingerprint density at radius 3 is 2.74 bits per heavy atom. The number of nitrogens with zero attached hydrogens (tertiary/aromatic N) is 1. The lowest BCUT2D eigenvalue weighted by molar-refractivity contribution is 0.421. The van der Waals surface area contributed by atoms with E-state index in [9.17, 15) is 4.79 Å². The third-order valence-electron chi connectivity index (χ3n) is 2.67. The number of hydrogen-bond acceptors (Lipinski definition) is 4. The zero-order valence-electron chi connectivity index (χ0n) is 11.7. The van der Waals surface area contributed by atoms with E-state index in [-0.39, 0.29) is 11.1 Å². The number of furan rings is 1. The minimum absolute atomic E-state index is 0.0228. The molecule has 2 aromatic rings. The molecule has 0 saturated carbocycles. The summed E-state index contributed by atoms with van der Waals surface area (Å²) in [6.07, 6.45) is 1.59. The van der Waals surface area contributed by atoms with Gasteiger partial charge in [0.25, 0.3) is 5.56 Å². The fraction of sp³-hybridized carbons (Fsp3) is 0.429. The Morgan fingerprint density at radius 1 is 1.42 bits per heavy atom. The lowest BCUT2D eigenvalue weighted by atomic mass is 10.1. The predicted molar refractivity (Wildman–Crippen MR) is 73.9 cm³/mol. The van der Waals surface area contributed by atoms with Crippen LogP contribution in [0.1, 0.15) is 32.0 Å². The average Bonchev–Trinajstić information content (AvgIpc) is 2.71. The maximum absolute atomic E-state index is 11.7. The first kappa shape index (κ1) is 13.5. The van der Waals surface area contributed by atoms with Gasteiger partial charge in [0.15, 0.2) is 11.6 Å². The van der Waals surface area contributed by atoms with Gasteiger partial charge < -0.3 is 14.7 Å². The maximum Gasteiger partial charge on any atom is 0.251 e. The largest absolute Gasteiger partial charge is 0.461 e. The van der Waals surface area contributed by atoms with E-state index in [1.165, 1.54) is 6.07 Å². The molecule has 2 rings (SSSR count). The fourth-order valence-corrected chi connectivity index (χ4v) is 1.68. The van der Waals surface area contributed by atoms with Crippen LogP contribution in [-0.4, -0.2) is 15.5 Å². The van der Waals surface area contributed by atoms with Crippen molar-refractivity contribution in [2.75, 3.05) is 0 Å². The van der Waals surface area contributed by atoms with Gasteiger partial charge in [0.1, 0.15) is 0 Å². The van der Waals surface area contributed by atoms with Crippen molar-refractivity contribution in [2.45, 2.75) is 39.8 Å². The zero-order valence-corrected chi connectivity index (χ0v) is 11.7. The molecule has 0 aliphatic heterocycles. The van der Waals surface area contributed by atoms with E-state index in [1.807, 2.05) is 13.0 Å². The average molecular weight is 261 g/mol. The number of aryl methyl sites for hydroxylation is 1. The van der Waals surface area contributed by atoms with Crippen molar-refractivity contribution in [2.24, 2.45) is 0 Å². The monoisotopic (exact) mass is 261 g/mol. The van der Waals surface area contributed by atoms with Gasteiger partial charge in [-0.1, -0.05) is 0 Å². The molecule has 0 aliphatic rings. The van der Waals surface area contributed by atoms with Crippen LogP contribution in [0.15, 0.2) is 27.6 Å². The van der Waals surface area contributed by atoms with Crippen LogP contribution < -0.4 is 10.9 Å². The van der Waals surface area contributed by atoms with Gasteiger partial charge in [-0.15, -0.1) is 0 Å². The number of H-pyrrole nitrogens is 1. The zero-order chi connectivity index (χ0) is 14.0. The van der Waals surface area contributed by atoms with Crippen LogP contribution in [0.2, 0.25) is 0 Å². The lowest BCUT2D eigenvalue weighted by Crippen LogP contribution is -2.35. The summed E-state index contributed by atoms with van der Waals surface area (Å²) in [7, 11) is 0. The topological polar surface area (TPSA) is 70.9 Å². The van der Waals surface area contributed by atoms with Crippen LogP contribution >= 0.6 is 0 Å². The van der Waals surface area contributed by atoms with Crippen molar-refractivity contribution in [3.8, 4) is 11.6 Å². The summed E-state index contributed by atoms with van der Waals surface area (Å²) in [4.78, 5) is 18.8. The van der Waals surface area contributed by atoms with Crippen LogP contribution in [-0.2, 0) is 6.54 Å². The molecule has 0 aromatic carbocycles. The third-order valence-corrected chi connectivity index (χ3v) is 2.67. The van der Waals surface area contributed by atoms with Crippen molar-refractivity contribution < 1.29 is 4.42 Å². The first-order chi connectivity index (χ1) is 8.85. The Morgan fingerprint density at radius 2 is 2.16 bits per heavy atom. The summed E-state index contributed by atoms with van der Waals surface area (Å²) in [6.45, 7) is 8.66. The smallest absolute Gasteiger partial charge is 0.251 e. The predicted octanol–water partition coefficient (Wildman–Crippen LogP) is 2.23. The third kappa shape index (κ3) is 3.54. The first-order valence-corrected chi connectivity index (χ1v) is 6.25. The molecule has 2 heterocycles. The molecule has 5 heteroatoms. The van der Waals surface area contributed by atoms with Crippen molar-refractivity contribution >= 4 is 0 Å². The minimum Gasteiger partial charge on any atom is -0.461 e. The molecular weight excluding hydrogens is 242 g/mol. The van der Waals surface area contributed by atoms with Gasteiger partial charge in [-0.25, -0.2) is 4.98 Å². The van der Waals surface area contributed by atoms with E-state index in [0.29, 0.717) is 23.8 Å². The molecule has 2 N–H and O–H groups in total. The van der Waals surface area contributed by atoms with E-state index >= 15 is 0 Å². The minimum atomic E-state index is -0.175. The molecule has 19 heavy (non-hydrogen) atoms. The molecule has 2 aromatic heterocycles. The number of rotatable bonds is 3. The molecule has 0 radical (unpaired) electrons. The summed E-state index contributed by atoms with van der Waals surface area (Å²) in [5, 5.41) is 3.31. The molecule has 0 spiro atoms. The molecule has 0 saturated heterocycles. The summed E-state index contributed by atoms with van der Waals surface area (Å²) in [5.41, 5.74) is 1.45. The van der Waals surface area contributed by atoms with E-state index in [4.69, 9.17) is 4.42 Å². The summed E-state index contributed by atoms with van der Waals surface area (Å²) < 4.78 is 5.35. The van der Waals surface area contributed by atoms with Crippen LogP contribution in [0.5, 0.6) is 0 Å². The standard InChI is InChI=1S/C14H19N3O2/c1-9-5-6-19-12(9)13-16-10(7-11(18)17-13)8-15-14(2,3)4/h5-7,15H,8H2,1-4H3,(H,16,17,18). The molecule has 0 bridgehead atoms. The second-order valence-electron chi connectivity index (χ2n) is 5.62. The van der Waals surface area contributed by atoms with Gasteiger partial charge in [0.2, 0.25) is 0 Å². The molecule has 0 aliphatic carbocycles. The van der Waals surface area contributed by atoms with E-state index < -0.39 is 0 Å². The highest BCUT2D eigenvalue weighted by Gasteiger charge is 2.12. The Labute approximate surface area is 112 Å². The highest BCUT2D eigenvalue weighted by Crippen LogP contribution is 2.19. The molecule has 0 unspecified atom stereocenters. The normalized spacial score (nSPS) is 11.8. The second-order valence-corrected chi connectivity index (χ2v) is 5.62. The molecule has 0 atom stereocenters. The Kier molecular flexibility index (Phi) is 3.57. The Bertz CT molecular complexity index is 620. The number of nitrogens with one attached hydrogen (secondary N) is 2. The second kappa shape index (κ2) is 5.01. The molecule has 0 amide bonds. The van der Waals surface area contributed by atoms with Gasteiger partial charge >= 0.3 is 0 Å². The first-order valence-electron chi connectivity index (χ1n) is 6.25. The molecule has 0 fully saturated rings. The highest BCUT2D eigenvalue weighted by atomic mass is 16.3. The number of aromatic nitrogens is 2. The number of aromatic amines is 1. The van der Waals surface area contributed by atoms with Gasteiger partial charge in [-0.05, 0) is 39.3 Å². The molecule has 102 valence electrons. The van der Waals surface area contributed by atoms with E-state index in [0.717, 1.165) is 5.56 Å². The fourth-order valence-electron chi connectivity index (χ4n) is 1.68. The molecular formula is C14H19N3O2. The van der Waals surface area contributed by atoms with Gasteiger partial charge in [-0.3, -0.25) is 4.79 Å². The van der Waals surface area contributed by atoms with Crippen LogP contribution in [0.4, 0.5) is 0 Å². The van der Waals surface area contributed by atoms with Gasteiger partial charge in [-0.2, -0.15) is 0 Å². The van der Waals surface area contributed by atoms with Gasteiger partial charge in [0.05, 0.1) is 12.0 Å². The quantitative estimate of drug-likeness (QED) is 0.888. The van der Waals surface area contributed by atoms with Crippen LogP contribution in [0.25, 0.3) is 11.6 Å². The SMILES string of the molecule is Cc1ccoc1-c1nc(CNC(C)(C)C)cc(=O)[nH]1. The Balaban J connectivity index is 2.30. The molecule has 5 nitrogen and oxygen atoms in total. The maximum atomic E-state index is 11.7. The lowest BCUT2D eigenvalue weighted by Gasteiger charge is -2.20. The van der Waals surface area contributed by atoms with Gasteiger partial charge in [0, 0.05) is 18.2 Å². The van der Waals surface area contributed by atoms with Crippen molar-refractivity contribution in [1.82, 2.24) is 15.3 Å². The summed E-state index contributed by atoms with van der Waals surface area (Å²) in [6, 6.07) is 3.34. The van der Waals surface area contributed by atoms with Crippen LogP contribution in [0.3, 0.4) is 0 Å². The Hall–Kier alpha value is -1.88. The van der Waals surface area contributed by atoms with Crippen molar-refractivity contribution in [1.29, 1.82) is 0 Å². The van der Waals surface area contributed by atoms with Crippen LogP contribution in [0, 0.1) is 6.92 Å². The van der Waals surface area contributed by atoms with Crippen molar-refractivity contribution in [3.05, 3.63) is 40.0 Å². The van der Waals surface area contributed by atoms with Crippen molar-refractivity contribution in [3.63, 3.8) is 0 Å². The number of hydrogen-bond donors (Lipinski definition) is 2. The van der Waals surface area contributed by atoms with E-state index in [2.05, 4.69) is 36.1 Å². The summed E-state index contributed by atoms with van der Waals surface area (Å²) >= 11 is 0. The van der Waals surface area contributed by atoms with E-state index in [1.54, 1.807) is 6.26 Å². The highest BCUT2D eigenvalue weighted by molar-refractivity contribution is 5.51. The summed E-state index contributed by atoms with van der Waals surface area (Å²) in [5.74, 6) is 1.08.